The normalized spacial score (nSPS) is 47.1. The molecule has 58 valence electrons. The summed E-state index contributed by atoms with van der Waals surface area (Å²) in [5, 5.41) is 0. The molecular weight excluding hydrogens is 122 g/mol. The molecule has 2 fully saturated rings. The maximum atomic E-state index is 5.99. The van der Waals surface area contributed by atoms with Crippen LogP contribution in [0.4, 0.5) is 0 Å². The van der Waals surface area contributed by atoms with Crippen LogP contribution in [0.25, 0.3) is 0 Å². The number of hydrogen-bond donors (Lipinski definition) is 1. The fraction of sp³-hybridized carbons (Fsp3) is 1.00. The molecule has 0 aromatic rings. The van der Waals surface area contributed by atoms with Gasteiger partial charge in [0.05, 0.1) is 0 Å². The van der Waals surface area contributed by atoms with Gasteiger partial charge in [-0.25, -0.2) is 0 Å². The molecule has 3 atom stereocenters. The van der Waals surface area contributed by atoms with E-state index >= 15 is 0 Å². The van der Waals surface area contributed by atoms with Crippen molar-refractivity contribution in [2.45, 2.75) is 44.6 Å². The number of nitrogens with two attached hydrogens (primary N) is 1. The molecule has 0 saturated heterocycles. The van der Waals surface area contributed by atoms with Gasteiger partial charge in [0.15, 0.2) is 0 Å². The van der Waals surface area contributed by atoms with E-state index < -0.39 is 0 Å². The van der Waals surface area contributed by atoms with Crippen molar-refractivity contribution in [3.8, 4) is 0 Å². The standard InChI is InChI=1S/C9H17N/c10-9-6-5-7-3-1-2-4-8(7)9/h7-9H,1-6,10H2/t7-,8-,9+/m0/s1. The number of rotatable bonds is 0. The SMILES string of the molecule is N[C@@H]1CC[C@@H]2CCCC[C@@H]21. The minimum Gasteiger partial charge on any atom is -0.327 e. The topological polar surface area (TPSA) is 26.0 Å². The summed E-state index contributed by atoms with van der Waals surface area (Å²) in [6.07, 6.45) is 8.52. The molecule has 0 aromatic heterocycles. The van der Waals surface area contributed by atoms with Crippen molar-refractivity contribution in [2.75, 3.05) is 0 Å². The molecular formula is C9H17N. The lowest BCUT2D eigenvalue weighted by Gasteiger charge is -2.27. The molecule has 2 rings (SSSR count). The van der Waals surface area contributed by atoms with Crippen LogP contribution >= 0.6 is 0 Å². The van der Waals surface area contributed by atoms with Crippen LogP contribution in [0.5, 0.6) is 0 Å². The predicted octanol–water partition coefficient (Wildman–Crippen LogP) is 1.91. The lowest BCUT2D eigenvalue weighted by Crippen LogP contribution is -2.29. The molecule has 2 saturated carbocycles. The first-order valence-corrected chi connectivity index (χ1v) is 4.63. The van der Waals surface area contributed by atoms with Crippen molar-refractivity contribution in [1.82, 2.24) is 0 Å². The van der Waals surface area contributed by atoms with E-state index in [2.05, 4.69) is 0 Å². The summed E-state index contributed by atoms with van der Waals surface area (Å²) in [6.45, 7) is 0. The van der Waals surface area contributed by atoms with E-state index in [0.29, 0.717) is 6.04 Å². The average molecular weight is 139 g/mol. The molecule has 0 aromatic carbocycles. The highest BCUT2D eigenvalue weighted by molar-refractivity contribution is 4.89. The maximum absolute atomic E-state index is 5.99. The van der Waals surface area contributed by atoms with Gasteiger partial charge in [-0.15, -0.1) is 0 Å². The third-order valence-corrected chi connectivity index (χ3v) is 3.39. The summed E-state index contributed by atoms with van der Waals surface area (Å²) in [7, 11) is 0. The van der Waals surface area contributed by atoms with Crippen molar-refractivity contribution in [2.24, 2.45) is 17.6 Å². The Morgan fingerprint density at radius 3 is 2.50 bits per heavy atom. The Bertz CT molecular complexity index is 120. The molecule has 0 unspecified atom stereocenters. The molecule has 0 aliphatic heterocycles. The van der Waals surface area contributed by atoms with Crippen LogP contribution < -0.4 is 5.73 Å². The molecule has 0 bridgehead atoms. The third kappa shape index (κ3) is 0.968. The van der Waals surface area contributed by atoms with Gasteiger partial charge in [0.25, 0.3) is 0 Å². The largest absolute Gasteiger partial charge is 0.327 e. The molecule has 0 radical (unpaired) electrons. The molecule has 1 heteroatoms. The van der Waals surface area contributed by atoms with E-state index in [1.807, 2.05) is 0 Å². The highest BCUT2D eigenvalue weighted by Crippen LogP contribution is 2.41. The first kappa shape index (κ1) is 6.66. The van der Waals surface area contributed by atoms with E-state index in [-0.39, 0.29) is 0 Å². The molecule has 0 amide bonds. The Morgan fingerprint density at radius 1 is 0.900 bits per heavy atom. The van der Waals surface area contributed by atoms with Crippen LogP contribution in [0.15, 0.2) is 0 Å². The molecule has 2 aliphatic rings. The summed E-state index contributed by atoms with van der Waals surface area (Å²) in [5.41, 5.74) is 5.99. The second-order valence-electron chi connectivity index (χ2n) is 3.95. The van der Waals surface area contributed by atoms with Gasteiger partial charge < -0.3 is 5.73 Å². The summed E-state index contributed by atoms with van der Waals surface area (Å²) >= 11 is 0. The Morgan fingerprint density at radius 2 is 1.70 bits per heavy atom. The number of fused-ring (bicyclic) bond motifs is 1. The van der Waals surface area contributed by atoms with Crippen molar-refractivity contribution in [3.05, 3.63) is 0 Å². The first-order chi connectivity index (χ1) is 4.88. The third-order valence-electron chi connectivity index (χ3n) is 3.39. The van der Waals surface area contributed by atoms with Gasteiger partial charge in [-0.05, 0) is 31.1 Å². The fourth-order valence-electron chi connectivity index (χ4n) is 2.78. The predicted molar refractivity (Wildman–Crippen MR) is 42.7 cm³/mol. The van der Waals surface area contributed by atoms with Crippen LogP contribution in [0, 0.1) is 11.8 Å². The minimum absolute atomic E-state index is 0.560. The molecule has 1 nitrogen and oxygen atoms in total. The highest BCUT2D eigenvalue weighted by Gasteiger charge is 2.34. The van der Waals surface area contributed by atoms with Crippen LogP contribution in [0.1, 0.15) is 38.5 Å². The summed E-state index contributed by atoms with van der Waals surface area (Å²) < 4.78 is 0. The zero-order valence-corrected chi connectivity index (χ0v) is 6.55. The maximum Gasteiger partial charge on any atom is 0.00699 e. The summed E-state index contributed by atoms with van der Waals surface area (Å²) in [4.78, 5) is 0. The Kier molecular flexibility index (Phi) is 1.69. The number of hydrogen-bond acceptors (Lipinski definition) is 1. The van der Waals surface area contributed by atoms with Crippen molar-refractivity contribution in [3.63, 3.8) is 0 Å². The zero-order chi connectivity index (χ0) is 6.97. The van der Waals surface area contributed by atoms with E-state index in [0.717, 1.165) is 11.8 Å². The van der Waals surface area contributed by atoms with E-state index in [9.17, 15) is 0 Å². The Balaban J connectivity index is 2.01. The van der Waals surface area contributed by atoms with E-state index in [1.165, 1.54) is 38.5 Å². The first-order valence-electron chi connectivity index (χ1n) is 4.63. The second kappa shape index (κ2) is 2.54. The average Bonchev–Trinajstić information content (AvgIpc) is 2.34. The van der Waals surface area contributed by atoms with E-state index in [4.69, 9.17) is 5.73 Å². The zero-order valence-electron chi connectivity index (χ0n) is 6.55. The highest BCUT2D eigenvalue weighted by atomic mass is 14.7. The monoisotopic (exact) mass is 139 g/mol. The minimum atomic E-state index is 0.560. The van der Waals surface area contributed by atoms with E-state index in [1.54, 1.807) is 0 Å². The summed E-state index contributed by atoms with van der Waals surface area (Å²) in [5.74, 6) is 1.93. The molecule has 10 heavy (non-hydrogen) atoms. The van der Waals surface area contributed by atoms with Crippen molar-refractivity contribution < 1.29 is 0 Å². The fourth-order valence-corrected chi connectivity index (χ4v) is 2.78. The van der Waals surface area contributed by atoms with Gasteiger partial charge in [-0.1, -0.05) is 19.3 Å². The lowest BCUT2D eigenvalue weighted by atomic mass is 9.80. The van der Waals surface area contributed by atoms with Crippen LogP contribution in [0.2, 0.25) is 0 Å². The van der Waals surface area contributed by atoms with Crippen LogP contribution in [-0.2, 0) is 0 Å². The lowest BCUT2D eigenvalue weighted by molar-refractivity contribution is 0.260. The molecule has 0 heterocycles. The van der Waals surface area contributed by atoms with Gasteiger partial charge in [0.2, 0.25) is 0 Å². The van der Waals surface area contributed by atoms with Crippen molar-refractivity contribution >= 4 is 0 Å². The smallest absolute Gasteiger partial charge is 0.00699 e. The molecule has 2 N–H and O–H groups in total. The molecule has 0 spiro atoms. The van der Waals surface area contributed by atoms with Gasteiger partial charge >= 0.3 is 0 Å². The van der Waals surface area contributed by atoms with Gasteiger partial charge in [-0.2, -0.15) is 0 Å². The Labute approximate surface area is 63.0 Å². The molecule has 2 aliphatic carbocycles. The second-order valence-corrected chi connectivity index (χ2v) is 3.95. The quantitative estimate of drug-likeness (QED) is 0.545. The van der Waals surface area contributed by atoms with Crippen molar-refractivity contribution in [1.29, 1.82) is 0 Å². The van der Waals surface area contributed by atoms with Gasteiger partial charge in [0, 0.05) is 6.04 Å². The van der Waals surface area contributed by atoms with Crippen LogP contribution in [0.3, 0.4) is 0 Å². The Hall–Kier alpha value is -0.0400. The van der Waals surface area contributed by atoms with Gasteiger partial charge in [-0.3, -0.25) is 0 Å². The summed E-state index contributed by atoms with van der Waals surface area (Å²) in [6, 6.07) is 0.560. The van der Waals surface area contributed by atoms with Crippen LogP contribution in [-0.4, -0.2) is 6.04 Å². The van der Waals surface area contributed by atoms with Gasteiger partial charge in [0.1, 0.15) is 0 Å².